The second-order valence-electron chi connectivity index (χ2n) is 2.76. The molecule has 0 saturated carbocycles. The van der Waals surface area contributed by atoms with Crippen LogP contribution in [0.25, 0.3) is 0 Å². The summed E-state index contributed by atoms with van der Waals surface area (Å²) < 4.78 is 2.05. The number of hydrogen-bond acceptors (Lipinski definition) is 2. The van der Waals surface area contributed by atoms with Gasteiger partial charge >= 0.3 is 0 Å². The summed E-state index contributed by atoms with van der Waals surface area (Å²) in [5.74, 6) is 0. The van der Waals surface area contributed by atoms with Gasteiger partial charge in [0.1, 0.15) is 0 Å². The van der Waals surface area contributed by atoms with Crippen molar-refractivity contribution in [1.29, 1.82) is 0 Å². The van der Waals surface area contributed by atoms with Gasteiger partial charge in [-0.25, -0.2) is 4.98 Å². The van der Waals surface area contributed by atoms with Gasteiger partial charge in [0.15, 0.2) is 0 Å². The van der Waals surface area contributed by atoms with Crippen LogP contribution in [-0.2, 0) is 6.54 Å². The van der Waals surface area contributed by atoms with Crippen molar-refractivity contribution in [2.24, 2.45) is 5.73 Å². The molecule has 1 heterocycles. The summed E-state index contributed by atoms with van der Waals surface area (Å²) in [6.45, 7) is 3.09. The SMILES string of the molecule is CC[C@H](N)CCn1ccnc1. The highest BCUT2D eigenvalue weighted by atomic mass is 15.0. The third kappa shape index (κ3) is 2.72. The lowest BCUT2D eigenvalue weighted by molar-refractivity contribution is 0.530. The quantitative estimate of drug-likeness (QED) is 0.701. The fraction of sp³-hybridized carbons (Fsp3) is 0.625. The molecular weight excluding hydrogens is 138 g/mol. The maximum Gasteiger partial charge on any atom is 0.0945 e. The molecule has 0 amide bonds. The van der Waals surface area contributed by atoms with Crippen molar-refractivity contribution in [2.75, 3.05) is 0 Å². The fourth-order valence-corrected chi connectivity index (χ4v) is 0.938. The molecule has 0 fully saturated rings. The van der Waals surface area contributed by atoms with Crippen LogP contribution in [0.5, 0.6) is 0 Å². The predicted octanol–water partition coefficient (Wildman–Crippen LogP) is 1.01. The molecule has 2 N–H and O–H groups in total. The second kappa shape index (κ2) is 4.13. The zero-order chi connectivity index (χ0) is 8.10. The molecule has 62 valence electrons. The Morgan fingerprint density at radius 1 is 1.64 bits per heavy atom. The topological polar surface area (TPSA) is 43.8 Å². The number of nitrogens with two attached hydrogens (primary N) is 1. The molecule has 0 aliphatic heterocycles. The highest BCUT2D eigenvalue weighted by molar-refractivity contribution is 4.74. The van der Waals surface area contributed by atoms with E-state index in [4.69, 9.17) is 5.73 Å². The van der Waals surface area contributed by atoms with E-state index in [1.165, 1.54) is 0 Å². The van der Waals surface area contributed by atoms with Crippen LogP contribution in [0.1, 0.15) is 19.8 Å². The molecule has 1 atom stereocenters. The van der Waals surface area contributed by atoms with E-state index in [2.05, 4.69) is 16.5 Å². The van der Waals surface area contributed by atoms with Gasteiger partial charge in [-0.1, -0.05) is 6.92 Å². The first-order valence-electron chi connectivity index (χ1n) is 4.04. The average Bonchev–Trinajstić information content (AvgIpc) is 2.52. The van der Waals surface area contributed by atoms with Gasteiger partial charge in [-0.3, -0.25) is 0 Å². The summed E-state index contributed by atoms with van der Waals surface area (Å²) in [6.07, 6.45) is 7.66. The second-order valence-corrected chi connectivity index (χ2v) is 2.76. The molecule has 1 rings (SSSR count). The van der Waals surface area contributed by atoms with E-state index in [0.29, 0.717) is 6.04 Å². The molecule has 0 saturated heterocycles. The standard InChI is InChI=1S/C8H15N3/c1-2-8(9)3-5-11-6-4-10-7-11/h4,6-8H,2-3,5,9H2,1H3/t8-/m0/s1. The van der Waals surface area contributed by atoms with Crippen molar-refractivity contribution in [1.82, 2.24) is 9.55 Å². The Balaban J connectivity index is 2.23. The first-order chi connectivity index (χ1) is 5.33. The summed E-state index contributed by atoms with van der Waals surface area (Å²) >= 11 is 0. The van der Waals surface area contributed by atoms with Crippen molar-refractivity contribution in [3.8, 4) is 0 Å². The van der Waals surface area contributed by atoms with Gasteiger partial charge in [0.2, 0.25) is 0 Å². The summed E-state index contributed by atoms with van der Waals surface area (Å²) in [7, 11) is 0. The molecule has 0 spiro atoms. The highest BCUT2D eigenvalue weighted by Crippen LogP contribution is 1.96. The Morgan fingerprint density at radius 3 is 3.00 bits per heavy atom. The third-order valence-corrected chi connectivity index (χ3v) is 1.84. The van der Waals surface area contributed by atoms with Crippen LogP contribution in [0.4, 0.5) is 0 Å². The summed E-state index contributed by atoms with van der Waals surface area (Å²) in [5.41, 5.74) is 5.76. The van der Waals surface area contributed by atoms with Crippen LogP contribution in [0.15, 0.2) is 18.7 Å². The van der Waals surface area contributed by atoms with Crippen LogP contribution in [-0.4, -0.2) is 15.6 Å². The third-order valence-electron chi connectivity index (χ3n) is 1.84. The molecule has 0 bridgehead atoms. The average molecular weight is 153 g/mol. The van der Waals surface area contributed by atoms with E-state index >= 15 is 0 Å². The maximum absolute atomic E-state index is 5.76. The number of nitrogens with zero attached hydrogens (tertiary/aromatic N) is 2. The molecule has 3 nitrogen and oxygen atoms in total. The van der Waals surface area contributed by atoms with Crippen LogP contribution in [0.3, 0.4) is 0 Å². The number of hydrogen-bond donors (Lipinski definition) is 1. The Labute approximate surface area is 67.2 Å². The van der Waals surface area contributed by atoms with Crippen molar-refractivity contribution in [2.45, 2.75) is 32.4 Å². The van der Waals surface area contributed by atoms with Gasteiger partial charge in [-0.2, -0.15) is 0 Å². The van der Waals surface area contributed by atoms with Crippen molar-refractivity contribution in [3.05, 3.63) is 18.7 Å². The van der Waals surface area contributed by atoms with Crippen LogP contribution in [0, 0.1) is 0 Å². The van der Waals surface area contributed by atoms with Gasteiger partial charge in [-0.15, -0.1) is 0 Å². The molecule has 1 aromatic rings. The molecule has 0 aromatic carbocycles. The number of imidazole rings is 1. The van der Waals surface area contributed by atoms with Gasteiger partial charge < -0.3 is 10.3 Å². The minimum Gasteiger partial charge on any atom is -0.337 e. The zero-order valence-corrected chi connectivity index (χ0v) is 6.90. The maximum atomic E-state index is 5.76. The molecule has 0 unspecified atom stereocenters. The monoisotopic (exact) mass is 153 g/mol. The number of aromatic nitrogens is 2. The Hall–Kier alpha value is -0.830. The van der Waals surface area contributed by atoms with E-state index in [-0.39, 0.29) is 0 Å². The molecule has 11 heavy (non-hydrogen) atoms. The predicted molar refractivity (Wildman–Crippen MR) is 45.1 cm³/mol. The Morgan fingerprint density at radius 2 is 2.45 bits per heavy atom. The van der Waals surface area contributed by atoms with Crippen molar-refractivity contribution < 1.29 is 0 Å². The smallest absolute Gasteiger partial charge is 0.0945 e. The van der Waals surface area contributed by atoms with Crippen molar-refractivity contribution in [3.63, 3.8) is 0 Å². The minimum absolute atomic E-state index is 0.331. The molecule has 3 heteroatoms. The number of aryl methyl sites for hydroxylation is 1. The lowest BCUT2D eigenvalue weighted by atomic mass is 10.2. The summed E-state index contributed by atoms with van der Waals surface area (Å²) in [5, 5.41) is 0. The normalized spacial score (nSPS) is 13.3. The largest absolute Gasteiger partial charge is 0.337 e. The van der Waals surface area contributed by atoms with Crippen LogP contribution in [0.2, 0.25) is 0 Å². The lowest BCUT2D eigenvalue weighted by Gasteiger charge is -2.07. The number of rotatable bonds is 4. The van der Waals surface area contributed by atoms with Gasteiger partial charge in [0, 0.05) is 25.0 Å². The van der Waals surface area contributed by atoms with E-state index in [9.17, 15) is 0 Å². The van der Waals surface area contributed by atoms with Gasteiger partial charge in [0.25, 0.3) is 0 Å². The Bertz CT molecular complexity index is 181. The van der Waals surface area contributed by atoms with E-state index in [0.717, 1.165) is 19.4 Å². The van der Waals surface area contributed by atoms with Crippen LogP contribution >= 0.6 is 0 Å². The summed E-state index contributed by atoms with van der Waals surface area (Å²) in [4.78, 5) is 3.95. The molecule has 0 aliphatic carbocycles. The minimum atomic E-state index is 0.331. The first-order valence-corrected chi connectivity index (χ1v) is 4.04. The zero-order valence-electron chi connectivity index (χ0n) is 6.90. The fourth-order valence-electron chi connectivity index (χ4n) is 0.938. The molecule has 1 aromatic heterocycles. The van der Waals surface area contributed by atoms with Crippen molar-refractivity contribution >= 4 is 0 Å². The molecular formula is C8H15N3. The van der Waals surface area contributed by atoms with E-state index in [1.54, 1.807) is 6.20 Å². The highest BCUT2D eigenvalue weighted by Gasteiger charge is 1.97. The first kappa shape index (κ1) is 8.27. The molecule has 0 aliphatic rings. The van der Waals surface area contributed by atoms with E-state index < -0.39 is 0 Å². The van der Waals surface area contributed by atoms with Gasteiger partial charge in [-0.05, 0) is 12.8 Å². The van der Waals surface area contributed by atoms with E-state index in [1.807, 2.05) is 12.5 Å². The Kier molecular flexibility index (Phi) is 3.11. The van der Waals surface area contributed by atoms with Crippen LogP contribution < -0.4 is 5.73 Å². The lowest BCUT2D eigenvalue weighted by Crippen LogP contribution is -2.20. The summed E-state index contributed by atoms with van der Waals surface area (Å²) in [6, 6.07) is 0.331. The van der Waals surface area contributed by atoms with Gasteiger partial charge in [0.05, 0.1) is 6.33 Å². The molecule has 0 radical (unpaired) electrons.